The molecule has 0 saturated carbocycles. The molecule has 1 saturated heterocycles. The first-order valence-corrected chi connectivity index (χ1v) is 24.4. The van der Waals surface area contributed by atoms with Crippen LogP contribution in [-0.4, -0.2) is 96.7 Å². The van der Waals surface area contributed by atoms with Crippen molar-refractivity contribution in [1.29, 1.82) is 5.26 Å². The van der Waals surface area contributed by atoms with Gasteiger partial charge in [0.25, 0.3) is 11.8 Å². The van der Waals surface area contributed by atoms with Crippen LogP contribution in [0.25, 0.3) is 5.82 Å². The monoisotopic (exact) mass is 1000 g/mol. The van der Waals surface area contributed by atoms with Gasteiger partial charge in [0.2, 0.25) is 0 Å². The number of nitrogen functional groups attached to an aromatic ring is 2. The molecule has 8 rings (SSSR count). The van der Waals surface area contributed by atoms with Gasteiger partial charge in [-0.3, -0.25) is 14.6 Å². The Bertz CT molecular complexity index is 3000. The van der Waals surface area contributed by atoms with Crippen molar-refractivity contribution in [3.8, 4) is 11.9 Å². The van der Waals surface area contributed by atoms with Gasteiger partial charge in [0.05, 0.1) is 23.2 Å². The molecule has 0 aliphatic carbocycles. The molecule has 74 heavy (non-hydrogen) atoms. The highest BCUT2D eigenvalue weighted by Gasteiger charge is 2.21. The van der Waals surface area contributed by atoms with E-state index in [9.17, 15) is 14.9 Å². The number of anilines is 8. The molecule has 3 aromatic carbocycles. The molecule has 19 nitrogen and oxygen atoms in total. The number of likely N-dealkylation sites (N-methyl/N-ethyl adjacent to an activating group) is 1. The van der Waals surface area contributed by atoms with Crippen LogP contribution in [0.15, 0.2) is 116 Å². The fraction of sp³-hybridized carbons (Fsp3) is 0.327. The molecule has 388 valence electrons. The number of hydrogen-bond donors (Lipinski definition) is 7. The third-order valence-corrected chi connectivity index (χ3v) is 11.5. The van der Waals surface area contributed by atoms with E-state index in [2.05, 4.69) is 114 Å². The second kappa shape index (κ2) is 26.3. The molecule has 19 heteroatoms. The molecular weight excluding hydrogens is 931 g/mol. The van der Waals surface area contributed by atoms with Gasteiger partial charge in [0, 0.05) is 92.1 Å². The Hall–Kier alpha value is -8.47. The van der Waals surface area contributed by atoms with E-state index in [1.54, 1.807) is 60.7 Å². The number of aromatic nitrogens is 7. The Balaban J connectivity index is 0.000000217. The topological polar surface area (TPSA) is 259 Å². The quantitative estimate of drug-likeness (QED) is 0.0595. The van der Waals surface area contributed by atoms with Gasteiger partial charge in [0.15, 0.2) is 5.82 Å². The lowest BCUT2D eigenvalue weighted by Gasteiger charge is -2.32. The van der Waals surface area contributed by atoms with Gasteiger partial charge in [-0.05, 0) is 105 Å². The molecule has 5 heterocycles. The Morgan fingerprint density at radius 1 is 0.730 bits per heavy atom. The summed E-state index contributed by atoms with van der Waals surface area (Å²) in [5, 5.41) is 27.9. The molecular formula is C55H71N17O2. The van der Waals surface area contributed by atoms with Crippen LogP contribution in [0.5, 0.6) is 0 Å². The van der Waals surface area contributed by atoms with Crippen molar-refractivity contribution in [2.45, 2.75) is 79.6 Å². The second-order valence-corrected chi connectivity index (χ2v) is 19.2. The van der Waals surface area contributed by atoms with Gasteiger partial charge in [-0.1, -0.05) is 65.3 Å². The van der Waals surface area contributed by atoms with E-state index in [4.69, 9.17) is 11.5 Å². The van der Waals surface area contributed by atoms with Crippen molar-refractivity contribution < 1.29 is 9.59 Å². The van der Waals surface area contributed by atoms with Gasteiger partial charge in [-0.15, -0.1) is 0 Å². The minimum absolute atomic E-state index is 0.0924. The van der Waals surface area contributed by atoms with Crippen molar-refractivity contribution in [2.24, 2.45) is 0 Å². The highest BCUT2D eigenvalue weighted by atomic mass is 16.2. The first-order chi connectivity index (χ1) is 35.2. The van der Waals surface area contributed by atoms with Crippen molar-refractivity contribution in [1.82, 2.24) is 44.6 Å². The van der Waals surface area contributed by atoms with Gasteiger partial charge >= 0.3 is 0 Å². The molecule has 1 aliphatic heterocycles. The van der Waals surface area contributed by atoms with Gasteiger partial charge < -0.3 is 43.1 Å². The van der Waals surface area contributed by atoms with Crippen LogP contribution >= 0.6 is 0 Å². The summed E-state index contributed by atoms with van der Waals surface area (Å²) in [5.74, 6) is 2.86. The maximum absolute atomic E-state index is 12.9. The maximum Gasteiger partial charge on any atom is 0.257 e. The fourth-order valence-electron chi connectivity index (χ4n) is 6.88. The Labute approximate surface area is 435 Å². The lowest BCUT2D eigenvalue weighted by atomic mass is 9.86. The number of hydrogen-bond acceptors (Lipinski definition) is 16. The molecule has 0 atom stereocenters. The summed E-state index contributed by atoms with van der Waals surface area (Å²) in [7, 11) is 3.92. The predicted octanol–water partition coefficient (Wildman–Crippen LogP) is 9.38. The minimum atomic E-state index is -0.602. The number of nitriles is 1. The number of amides is 2. The summed E-state index contributed by atoms with van der Waals surface area (Å²) in [4.78, 5) is 48.1. The summed E-state index contributed by atoms with van der Waals surface area (Å²) < 4.78 is 1.69. The summed E-state index contributed by atoms with van der Waals surface area (Å²) in [6.45, 7) is 22.2. The van der Waals surface area contributed by atoms with Crippen molar-refractivity contribution in [3.63, 3.8) is 0 Å². The minimum Gasteiger partial charge on any atom is -0.398 e. The number of piperazine rings is 1. The summed E-state index contributed by atoms with van der Waals surface area (Å²) in [5.41, 5.74) is 21.5. The maximum atomic E-state index is 12.9. The fourth-order valence-corrected chi connectivity index (χ4v) is 6.88. The Kier molecular flexibility index (Phi) is 20.1. The number of rotatable bonds is 11. The Morgan fingerprint density at radius 3 is 2.05 bits per heavy atom. The lowest BCUT2D eigenvalue weighted by Crippen LogP contribution is -2.47. The molecule has 0 spiro atoms. The zero-order valence-electron chi connectivity index (χ0n) is 44.4. The van der Waals surface area contributed by atoms with Gasteiger partial charge in [-0.25, -0.2) is 24.9 Å². The van der Waals surface area contributed by atoms with E-state index < -0.39 is 5.41 Å². The number of nitrogens with one attached hydrogen (secondary N) is 5. The van der Waals surface area contributed by atoms with E-state index in [1.807, 2.05) is 82.3 Å². The number of aryl methyl sites for hydroxylation is 2. The number of nitrogens with zero attached hydrogens (tertiary/aromatic N) is 10. The standard InChI is InChI=1S/C25H28N8O.C18H19N3O.C9H16N6.C3H8/c1-16-6-7-19(31-24(34)17-10-18(14-27-13-17)25(2,3)4)11-20(16)32-22-8-9-30-33(22)23-12-21(26-5)28-15-29-23;1-12-7-8-13(9-16(12)20)17(22)21-15-6-4-5-14(10-15)18(2,3)11-19;1-14-2-4-15(5-3-14)13-9-6-8(10)11-7-12-9;1-3-2/h6-15,32H,1-5H3,(H,31,34)(H,26,28,29);4-10H,20H2,1-3H3,(H,21,22);6-7H,2-5H2,1H3,(H3,10,11,12,13);3H2,1-2H3. The van der Waals surface area contributed by atoms with Crippen LogP contribution in [0.1, 0.15) is 97.9 Å². The number of pyridine rings is 1. The molecule has 7 aromatic rings. The van der Waals surface area contributed by atoms with Crippen molar-refractivity contribution in [3.05, 3.63) is 150 Å². The van der Waals surface area contributed by atoms with Gasteiger partial charge in [-0.2, -0.15) is 15.0 Å². The molecule has 1 fully saturated rings. The first-order valence-electron chi connectivity index (χ1n) is 24.4. The molecule has 0 radical (unpaired) electrons. The number of nitrogens with two attached hydrogens (primary N) is 2. The number of benzene rings is 3. The first kappa shape index (κ1) is 56.4. The van der Waals surface area contributed by atoms with E-state index >= 15 is 0 Å². The van der Waals surface area contributed by atoms with E-state index in [0.29, 0.717) is 45.6 Å². The average Bonchev–Trinajstić information content (AvgIpc) is 3.85. The SMILES string of the molecule is CCC.CN1CCN(Nc2cc(N)ncn2)CC1.CNc1cc(-n2nccc2Nc2cc(NC(=O)c3cncc(C(C)(C)C)c3)ccc2C)ncn1.Cc1ccc(C(=O)Nc2cccc(C(C)(C)C#N)c2)cc1N. The summed E-state index contributed by atoms with van der Waals surface area (Å²) in [6, 6.07) is 27.8. The van der Waals surface area contributed by atoms with E-state index in [1.165, 1.54) is 19.1 Å². The summed E-state index contributed by atoms with van der Waals surface area (Å²) in [6.07, 6.45) is 9.27. The predicted molar refractivity (Wildman–Crippen MR) is 298 cm³/mol. The van der Waals surface area contributed by atoms with Crippen molar-refractivity contribution in [2.75, 3.05) is 78.4 Å². The number of hydrazine groups is 1. The number of carbonyl (C=O) groups excluding carboxylic acids is 2. The largest absolute Gasteiger partial charge is 0.398 e. The van der Waals surface area contributed by atoms with Crippen LogP contribution in [0.2, 0.25) is 0 Å². The molecule has 2 amide bonds. The zero-order valence-corrected chi connectivity index (χ0v) is 44.4. The number of carbonyl (C=O) groups is 2. The molecule has 1 aliphatic rings. The van der Waals surface area contributed by atoms with E-state index in [0.717, 1.165) is 65.8 Å². The third kappa shape index (κ3) is 16.5. The van der Waals surface area contributed by atoms with Crippen LogP contribution in [-0.2, 0) is 10.8 Å². The molecule has 9 N–H and O–H groups in total. The highest BCUT2D eigenvalue weighted by molar-refractivity contribution is 6.05. The molecule has 0 unspecified atom stereocenters. The smallest absolute Gasteiger partial charge is 0.257 e. The third-order valence-electron chi connectivity index (χ3n) is 11.5. The normalized spacial score (nSPS) is 12.5. The highest BCUT2D eigenvalue weighted by Crippen LogP contribution is 2.28. The average molecular weight is 1000 g/mol. The molecule has 0 bridgehead atoms. The van der Waals surface area contributed by atoms with E-state index in [-0.39, 0.29) is 17.2 Å². The van der Waals surface area contributed by atoms with Crippen LogP contribution in [0, 0.1) is 25.2 Å². The molecule has 4 aromatic heterocycles. The van der Waals surface area contributed by atoms with Crippen LogP contribution in [0.4, 0.5) is 46.0 Å². The van der Waals surface area contributed by atoms with Crippen LogP contribution < -0.4 is 38.2 Å². The van der Waals surface area contributed by atoms with Crippen molar-refractivity contribution >= 4 is 57.8 Å². The Morgan fingerprint density at radius 2 is 1.39 bits per heavy atom. The van der Waals surface area contributed by atoms with Crippen LogP contribution in [0.3, 0.4) is 0 Å². The lowest BCUT2D eigenvalue weighted by molar-refractivity contribution is 0.101. The second-order valence-electron chi connectivity index (χ2n) is 19.2. The van der Waals surface area contributed by atoms with Gasteiger partial charge in [0.1, 0.15) is 35.9 Å². The zero-order chi connectivity index (χ0) is 54.0. The summed E-state index contributed by atoms with van der Waals surface area (Å²) >= 11 is 0.